The highest BCUT2D eigenvalue weighted by Gasteiger charge is 2.27. The zero-order chi connectivity index (χ0) is 14.4. The van der Waals surface area contributed by atoms with Crippen LogP contribution in [0.25, 0.3) is 0 Å². The molecule has 0 saturated carbocycles. The van der Waals surface area contributed by atoms with Gasteiger partial charge in [-0.25, -0.2) is 8.42 Å². The van der Waals surface area contributed by atoms with Gasteiger partial charge in [0.1, 0.15) is 0 Å². The summed E-state index contributed by atoms with van der Waals surface area (Å²) < 4.78 is 32.6. The largest absolute Gasteiger partial charge is 0.384 e. The summed E-state index contributed by atoms with van der Waals surface area (Å²) in [6, 6.07) is 7.49. The van der Waals surface area contributed by atoms with E-state index in [1.807, 2.05) is 24.3 Å². The summed E-state index contributed by atoms with van der Waals surface area (Å²) in [5.41, 5.74) is 1.63. The summed E-state index contributed by atoms with van der Waals surface area (Å²) in [6.07, 6.45) is 2.02. The van der Waals surface area contributed by atoms with Gasteiger partial charge in [-0.15, -0.1) is 0 Å². The average Bonchev–Trinajstić information content (AvgIpc) is 2.47. The first-order valence-corrected chi connectivity index (χ1v) is 8.47. The quantitative estimate of drug-likeness (QED) is 0.832. The second-order valence-electron chi connectivity index (χ2n) is 5.00. The van der Waals surface area contributed by atoms with Gasteiger partial charge in [0.05, 0.1) is 17.5 Å². The van der Waals surface area contributed by atoms with Crippen LogP contribution in [0.5, 0.6) is 0 Å². The Morgan fingerprint density at radius 2 is 2.00 bits per heavy atom. The normalized spacial score (nSPS) is 17.1. The maximum absolute atomic E-state index is 12.4. The van der Waals surface area contributed by atoms with Crippen LogP contribution in [0.3, 0.4) is 0 Å². The molecular weight excluding hydrogens is 276 g/mol. The monoisotopic (exact) mass is 298 g/mol. The minimum atomic E-state index is -3.31. The highest BCUT2D eigenvalue weighted by atomic mass is 32.2. The van der Waals surface area contributed by atoms with E-state index < -0.39 is 10.0 Å². The molecule has 0 amide bonds. The number of piperidine rings is 1. The first-order chi connectivity index (χ1) is 9.63. The van der Waals surface area contributed by atoms with Gasteiger partial charge in [0.15, 0.2) is 0 Å². The van der Waals surface area contributed by atoms with Crippen LogP contribution in [-0.4, -0.2) is 40.5 Å². The fourth-order valence-corrected chi connectivity index (χ4v) is 3.92. The highest BCUT2D eigenvalue weighted by Crippen LogP contribution is 2.21. The summed E-state index contributed by atoms with van der Waals surface area (Å²) in [5.74, 6) is 0. The van der Waals surface area contributed by atoms with Gasteiger partial charge in [-0.05, 0) is 44.0 Å². The van der Waals surface area contributed by atoms with Crippen LogP contribution in [0.15, 0.2) is 24.3 Å². The van der Waals surface area contributed by atoms with Gasteiger partial charge >= 0.3 is 0 Å². The van der Waals surface area contributed by atoms with E-state index in [9.17, 15) is 8.42 Å². The van der Waals surface area contributed by atoms with Crippen molar-refractivity contribution >= 4 is 15.7 Å². The van der Waals surface area contributed by atoms with Crippen LogP contribution in [-0.2, 0) is 21.2 Å². The Balaban J connectivity index is 2.11. The molecule has 2 rings (SSSR count). The van der Waals surface area contributed by atoms with Crippen LogP contribution < -0.4 is 10.0 Å². The van der Waals surface area contributed by atoms with Crippen molar-refractivity contribution in [3.63, 3.8) is 0 Å². The van der Waals surface area contributed by atoms with E-state index in [1.54, 1.807) is 7.11 Å². The molecule has 1 aromatic rings. The van der Waals surface area contributed by atoms with Gasteiger partial charge in [-0.3, -0.25) is 4.72 Å². The minimum Gasteiger partial charge on any atom is -0.384 e. The SMILES string of the molecule is COCCc1ccccc1NS(=O)(=O)C1CCNCC1. The van der Waals surface area contributed by atoms with E-state index in [0.29, 0.717) is 31.6 Å². The highest BCUT2D eigenvalue weighted by molar-refractivity contribution is 7.93. The third-order valence-electron chi connectivity index (χ3n) is 3.57. The Kier molecular flexibility index (Phi) is 5.39. The summed E-state index contributed by atoms with van der Waals surface area (Å²) in [5, 5.41) is 2.87. The molecule has 0 radical (unpaired) electrons. The topological polar surface area (TPSA) is 67.4 Å². The summed E-state index contributed by atoms with van der Waals surface area (Å²) in [6.45, 7) is 2.10. The number of nitrogens with one attached hydrogen (secondary N) is 2. The maximum atomic E-state index is 12.4. The van der Waals surface area contributed by atoms with E-state index in [1.165, 1.54) is 0 Å². The molecule has 0 spiro atoms. The van der Waals surface area contributed by atoms with Crippen molar-refractivity contribution in [1.82, 2.24) is 5.32 Å². The van der Waals surface area contributed by atoms with Gasteiger partial charge in [0, 0.05) is 7.11 Å². The lowest BCUT2D eigenvalue weighted by molar-refractivity contribution is 0.202. The van der Waals surface area contributed by atoms with Gasteiger partial charge in [0.25, 0.3) is 0 Å². The lowest BCUT2D eigenvalue weighted by Crippen LogP contribution is -2.38. The average molecular weight is 298 g/mol. The molecular formula is C14H22N2O3S. The Bertz CT molecular complexity index is 525. The molecule has 1 heterocycles. The molecule has 5 nitrogen and oxygen atoms in total. The second kappa shape index (κ2) is 7.06. The van der Waals surface area contributed by atoms with Crippen molar-refractivity contribution in [2.45, 2.75) is 24.5 Å². The third-order valence-corrected chi connectivity index (χ3v) is 5.42. The number of sulfonamides is 1. The number of methoxy groups -OCH3 is 1. The van der Waals surface area contributed by atoms with Crippen molar-refractivity contribution in [3.05, 3.63) is 29.8 Å². The molecule has 0 aliphatic carbocycles. The van der Waals surface area contributed by atoms with Crippen LogP contribution in [0, 0.1) is 0 Å². The Morgan fingerprint density at radius 1 is 1.30 bits per heavy atom. The molecule has 1 saturated heterocycles. The summed E-state index contributed by atoms with van der Waals surface area (Å²) in [7, 11) is -1.67. The smallest absolute Gasteiger partial charge is 0.235 e. The number of ether oxygens (including phenoxy) is 1. The molecule has 2 N–H and O–H groups in total. The van der Waals surface area contributed by atoms with Gasteiger partial charge in [0.2, 0.25) is 10.0 Å². The molecule has 20 heavy (non-hydrogen) atoms. The Hall–Kier alpha value is -1.11. The summed E-state index contributed by atoms with van der Waals surface area (Å²) in [4.78, 5) is 0. The molecule has 1 fully saturated rings. The summed E-state index contributed by atoms with van der Waals surface area (Å²) >= 11 is 0. The van der Waals surface area contributed by atoms with E-state index in [-0.39, 0.29) is 5.25 Å². The molecule has 1 aliphatic rings. The Labute approximate surface area is 120 Å². The number of hydrogen-bond acceptors (Lipinski definition) is 4. The number of hydrogen-bond donors (Lipinski definition) is 2. The van der Waals surface area contributed by atoms with Gasteiger partial charge in [-0.2, -0.15) is 0 Å². The van der Waals surface area contributed by atoms with Gasteiger partial charge in [-0.1, -0.05) is 18.2 Å². The van der Waals surface area contributed by atoms with Crippen LogP contribution >= 0.6 is 0 Å². The van der Waals surface area contributed by atoms with E-state index in [4.69, 9.17) is 4.74 Å². The van der Waals surface area contributed by atoms with Crippen molar-refractivity contribution in [2.24, 2.45) is 0 Å². The van der Waals surface area contributed by atoms with Crippen LogP contribution in [0.4, 0.5) is 5.69 Å². The molecule has 0 unspecified atom stereocenters. The zero-order valence-corrected chi connectivity index (χ0v) is 12.6. The fourth-order valence-electron chi connectivity index (χ4n) is 2.39. The Morgan fingerprint density at radius 3 is 2.70 bits per heavy atom. The third kappa shape index (κ3) is 3.94. The zero-order valence-electron chi connectivity index (χ0n) is 11.8. The van der Waals surface area contributed by atoms with E-state index in [0.717, 1.165) is 18.7 Å². The van der Waals surface area contributed by atoms with Crippen LogP contribution in [0.1, 0.15) is 18.4 Å². The predicted molar refractivity (Wildman–Crippen MR) is 80.5 cm³/mol. The standard InChI is InChI=1S/C14H22N2O3S/c1-19-11-8-12-4-2-3-5-14(12)16-20(17,18)13-6-9-15-10-7-13/h2-5,13,15-16H,6-11H2,1H3. The van der Waals surface area contributed by atoms with Crippen molar-refractivity contribution in [2.75, 3.05) is 31.5 Å². The second-order valence-corrected chi connectivity index (χ2v) is 6.96. The van der Waals surface area contributed by atoms with E-state index in [2.05, 4.69) is 10.0 Å². The van der Waals surface area contributed by atoms with Crippen LogP contribution in [0.2, 0.25) is 0 Å². The first-order valence-electron chi connectivity index (χ1n) is 6.92. The number of benzene rings is 1. The first kappa shape index (κ1) is 15.3. The molecule has 0 atom stereocenters. The molecule has 6 heteroatoms. The molecule has 1 aromatic carbocycles. The molecule has 1 aliphatic heterocycles. The van der Waals surface area contributed by atoms with Gasteiger partial charge < -0.3 is 10.1 Å². The number of rotatable bonds is 6. The molecule has 0 aromatic heterocycles. The molecule has 0 bridgehead atoms. The van der Waals surface area contributed by atoms with Crippen molar-refractivity contribution < 1.29 is 13.2 Å². The number of para-hydroxylation sites is 1. The van der Waals surface area contributed by atoms with Crippen molar-refractivity contribution in [3.8, 4) is 0 Å². The lowest BCUT2D eigenvalue weighted by Gasteiger charge is -2.24. The number of anilines is 1. The van der Waals surface area contributed by atoms with E-state index >= 15 is 0 Å². The maximum Gasteiger partial charge on any atom is 0.235 e. The predicted octanol–water partition coefficient (Wildman–Crippen LogP) is 1.37. The lowest BCUT2D eigenvalue weighted by atomic mass is 10.1. The fraction of sp³-hybridized carbons (Fsp3) is 0.571. The van der Waals surface area contributed by atoms with Crippen molar-refractivity contribution in [1.29, 1.82) is 0 Å². The molecule has 112 valence electrons. The minimum absolute atomic E-state index is 0.306.